The molecule has 0 unspecified atom stereocenters. The fraction of sp³-hybridized carbons (Fsp3) is 1.00. The molecule has 0 saturated heterocycles. The zero-order chi connectivity index (χ0) is 9.33. The minimum absolute atomic E-state index is 0. The van der Waals surface area contributed by atoms with Gasteiger partial charge in [0.2, 0.25) is 0 Å². The Labute approximate surface area is 95.9 Å². The first kappa shape index (κ1) is 18.6. The molecule has 0 aliphatic carbocycles. The van der Waals surface area contributed by atoms with E-state index >= 15 is 0 Å². The van der Waals surface area contributed by atoms with Crippen molar-refractivity contribution in [3.8, 4) is 0 Å². The summed E-state index contributed by atoms with van der Waals surface area (Å²) in [6.45, 7) is 2.84. The number of hydrogen-bond donors (Lipinski definition) is 2. The summed E-state index contributed by atoms with van der Waals surface area (Å²) in [6.07, 6.45) is 0.409. The molecule has 12 heavy (non-hydrogen) atoms. The molecule has 0 bridgehead atoms. The molecule has 0 spiro atoms. The van der Waals surface area contributed by atoms with E-state index in [9.17, 15) is 13.0 Å². The van der Waals surface area contributed by atoms with Gasteiger partial charge in [0.25, 0.3) is 0 Å². The van der Waals surface area contributed by atoms with Gasteiger partial charge in [0.15, 0.2) is 0 Å². The van der Waals surface area contributed by atoms with Gasteiger partial charge in [-0.25, -0.2) is 8.42 Å². The average molecular weight is 206 g/mol. The summed E-state index contributed by atoms with van der Waals surface area (Å²) < 4.78 is 29.0. The van der Waals surface area contributed by atoms with Gasteiger partial charge in [0.1, 0.15) is 0 Å². The number of hydrogen-bond acceptors (Lipinski definition) is 5. The van der Waals surface area contributed by atoms with Crippen molar-refractivity contribution < 1.29 is 42.5 Å². The first-order chi connectivity index (χ1) is 4.97. The van der Waals surface area contributed by atoms with Gasteiger partial charge < -0.3 is 16.0 Å². The predicted molar refractivity (Wildman–Crippen MR) is 43.0 cm³/mol. The molecule has 7 heteroatoms. The SMILES string of the molecule is CCCS(=O)(=O)[O-].NCCN.[Na+]. The van der Waals surface area contributed by atoms with Crippen LogP contribution >= 0.6 is 0 Å². The molecule has 0 amide bonds. The van der Waals surface area contributed by atoms with E-state index in [0.29, 0.717) is 19.5 Å². The van der Waals surface area contributed by atoms with Crippen molar-refractivity contribution in [2.45, 2.75) is 13.3 Å². The topological polar surface area (TPSA) is 109 Å². The average Bonchev–Trinajstić information content (AvgIpc) is 1.86. The van der Waals surface area contributed by atoms with Crippen molar-refractivity contribution in [3.05, 3.63) is 0 Å². The molecule has 5 nitrogen and oxygen atoms in total. The number of rotatable bonds is 3. The Morgan fingerprint density at radius 2 is 1.58 bits per heavy atom. The second-order valence-corrected chi connectivity index (χ2v) is 3.36. The van der Waals surface area contributed by atoms with Gasteiger partial charge in [-0.15, -0.1) is 0 Å². The van der Waals surface area contributed by atoms with Crippen LogP contribution in [0, 0.1) is 0 Å². The molecule has 0 aromatic heterocycles. The molecule has 0 aromatic carbocycles. The van der Waals surface area contributed by atoms with Crippen LogP contribution in [-0.2, 0) is 10.1 Å². The molecule has 0 radical (unpaired) electrons. The van der Waals surface area contributed by atoms with Crippen LogP contribution in [0.4, 0.5) is 0 Å². The van der Waals surface area contributed by atoms with Gasteiger partial charge in [-0.3, -0.25) is 0 Å². The first-order valence-electron chi connectivity index (χ1n) is 3.31. The van der Waals surface area contributed by atoms with Crippen molar-refractivity contribution in [1.82, 2.24) is 0 Å². The van der Waals surface area contributed by atoms with Crippen LogP contribution in [0.5, 0.6) is 0 Å². The maximum atomic E-state index is 9.68. The summed E-state index contributed by atoms with van der Waals surface area (Å²) in [5.74, 6) is -0.243. The van der Waals surface area contributed by atoms with E-state index in [1.165, 1.54) is 0 Å². The Hall–Kier alpha value is 0.830. The minimum atomic E-state index is -3.92. The third-order valence-electron chi connectivity index (χ3n) is 0.621. The Kier molecular flexibility index (Phi) is 18.3. The first-order valence-corrected chi connectivity index (χ1v) is 4.89. The van der Waals surface area contributed by atoms with E-state index in [2.05, 4.69) is 0 Å². The normalized spacial score (nSPS) is 9.33. The molecule has 0 aliphatic rings. The summed E-state index contributed by atoms with van der Waals surface area (Å²) in [4.78, 5) is 0. The van der Waals surface area contributed by atoms with Gasteiger partial charge >= 0.3 is 29.6 Å². The van der Waals surface area contributed by atoms with Crippen LogP contribution in [0.15, 0.2) is 0 Å². The van der Waals surface area contributed by atoms with Gasteiger partial charge in [-0.1, -0.05) is 6.92 Å². The molecule has 0 aliphatic heterocycles. The second kappa shape index (κ2) is 11.8. The van der Waals surface area contributed by atoms with E-state index < -0.39 is 10.1 Å². The maximum Gasteiger partial charge on any atom is 1.00 e. The Bertz CT molecular complexity index is 158. The Morgan fingerprint density at radius 3 is 1.58 bits per heavy atom. The van der Waals surface area contributed by atoms with Crippen molar-refractivity contribution >= 4 is 10.1 Å². The van der Waals surface area contributed by atoms with Gasteiger partial charge in [-0.2, -0.15) is 0 Å². The van der Waals surface area contributed by atoms with Crippen molar-refractivity contribution in [2.24, 2.45) is 11.5 Å². The van der Waals surface area contributed by atoms with Crippen LogP contribution in [0.1, 0.15) is 13.3 Å². The van der Waals surface area contributed by atoms with Crippen LogP contribution in [-0.4, -0.2) is 31.8 Å². The summed E-state index contributed by atoms with van der Waals surface area (Å²) >= 11 is 0. The molecule has 0 saturated carbocycles. The molecule has 4 N–H and O–H groups in total. The Morgan fingerprint density at radius 1 is 1.25 bits per heavy atom. The maximum absolute atomic E-state index is 9.68. The smallest absolute Gasteiger partial charge is 0.748 e. The summed E-state index contributed by atoms with van der Waals surface area (Å²) in [7, 11) is -3.92. The largest absolute Gasteiger partial charge is 1.00 e. The standard InChI is InChI=1S/C3H8O3S.C2H8N2.Na/c1-2-3-7(4,5)6;3-1-2-4;/h2-3H2,1H3,(H,4,5,6);1-4H2;/q;;+1/p-1. The third-order valence-corrected chi connectivity index (χ3v) is 1.53. The van der Waals surface area contributed by atoms with Crippen LogP contribution < -0.4 is 41.0 Å². The summed E-state index contributed by atoms with van der Waals surface area (Å²) in [5, 5.41) is 0. The third kappa shape index (κ3) is 30.8. The molecule has 70 valence electrons. The van der Waals surface area contributed by atoms with Crippen LogP contribution in [0.3, 0.4) is 0 Å². The molecule has 0 aromatic rings. The van der Waals surface area contributed by atoms with Gasteiger partial charge in [-0.05, 0) is 6.42 Å². The molecule has 0 heterocycles. The summed E-state index contributed by atoms with van der Waals surface area (Å²) in [5.41, 5.74) is 9.81. The van der Waals surface area contributed by atoms with Crippen LogP contribution in [0.25, 0.3) is 0 Å². The van der Waals surface area contributed by atoms with E-state index in [-0.39, 0.29) is 35.3 Å². The zero-order valence-corrected chi connectivity index (χ0v) is 10.4. The fourth-order valence-electron chi connectivity index (χ4n) is 0.250. The zero-order valence-electron chi connectivity index (χ0n) is 7.62. The predicted octanol–water partition coefficient (Wildman–Crippen LogP) is -4.15. The number of nitrogens with two attached hydrogens (primary N) is 2. The van der Waals surface area contributed by atoms with Crippen molar-refractivity contribution in [1.29, 1.82) is 0 Å². The molecule has 0 rings (SSSR count). The molecular weight excluding hydrogens is 191 g/mol. The van der Waals surface area contributed by atoms with E-state index in [1.54, 1.807) is 6.92 Å². The van der Waals surface area contributed by atoms with Gasteiger partial charge in [0, 0.05) is 18.8 Å². The summed E-state index contributed by atoms with van der Waals surface area (Å²) in [6, 6.07) is 0. The van der Waals surface area contributed by atoms with E-state index in [4.69, 9.17) is 11.5 Å². The van der Waals surface area contributed by atoms with E-state index in [1.807, 2.05) is 0 Å². The van der Waals surface area contributed by atoms with Gasteiger partial charge in [0.05, 0.1) is 10.1 Å². The molecule has 0 atom stereocenters. The van der Waals surface area contributed by atoms with Crippen molar-refractivity contribution in [3.63, 3.8) is 0 Å². The van der Waals surface area contributed by atoms with Crippen molar-refractivity contribution in [2.75, 3.05) is 18.8 Å². The molecule has 0 fully saturated rings. The minimum Gasteiger partial charge on any atom is -0.748 e. The second-order valence-electron chi connectivity index (χ2n) is 1.84. The monoisotopic (exact) mass is 206 g/mol. The van der Waals surface area contributed by atoms with Crippen LogP contribution in [0.2, 0.25) is 0 Å². The quantitative estimate of drug-likeness (QED) is 0.360. The Balaban J connectivity index is -0.000000142. The van der Waals surface area contributed by atoms with E-state index in [0.717, 1.165) is 0 Å². The fourth-order valence-corrected chi connectivity index (χ4v) is 0.750. The molecular formula is C5H15N2NaO3S.